The Labute approximate surface area is 117 Å². The average Bonchev–Trinajstić information content (AvgIpc) is 2.88. The summed E-state index contributed by atoms with van der Waals surface area (Å²) in [5, 5.41) is 3.43. The molecule has 19 heavy (non-hydrogen) atoms. The molecule has 1 atom stereocenters. The van der Waals surface area contributed by atoms with E-state index in [2.05, 4.69) is 5.32 Å². The van der Waals surface area contributed by atoms with Crippen molar-refractivity contribution in [3.63, 3.8) is 0 Å². The van der Waals surface area contributed by atoms with Crippen molar-refractivity contribution in [3.05, 3.63) is 58.3 Å². The largest absolute Gasteiger partial charge is 0.469 e. The SMILES string of the molecule is CCc1occc1C(Cc1cccc(F)c1Cl)NC. The van der Waals surface area contributed by atoms with Crippen molar-refractivity contribution in [3.8, 4) is 0 Å². The third kappa shape index (κ3) is 2.99. The lowest BCUT2D eigenvalue weighted by Gasteiger charge is -2.17. The van der Waals surface area contributed by atoms with E-state index in [1.165, 1.54) is 6.07 Å². The molecule has 0 saturated carbocycles. The normalized spacial score (nSPS) is 12.6. The third-order valence-corrected chi connectivity index (χ3v) is 3.70. The second kappa shape index (κ2) is 6.22. The summed E-state index contributed by atoms with van der Waals surface area (Å²) in [5.74, 6) is 0.573. The molecule has 4 heteroatoms. The van der Waals surface area contributed by atoms with Crippen LogP contribution in [0.5, 0.6) is 0 Å². The molecule has 1 heterocycles. The van der Waals surface area contributed by atoms with Gasteiger partial charge in [-0.25, -0.2) is 4.39 Å². The molecular formula is C15H17ClFNO. The van der Waals surface area contributed by atoms with Gasteiger partial charge >= 0.3 is 0 Å². The average molecular weight is 282 g/mol. The number of aryl methyl sites for hydroxylation is 1. The van der Waals surface area contributed by atoms with Gasteiger partial charge in [-0.1, -0.05) is 30.7 Å². The van der Waals surface area contributed by atoms with E-state index in [4.69, 9.17) is 16.0 Å². The fourth-order valence-electron chi connectivity index (χ4n) is 2.24. The minimum atomic E-state index is -0.378. The molecule has 0 amide bonds. The van der Waals surface area contributed by atoms with E-state index in [0.717, 1.165) is 23.3 Å². The topological polar surface area (TPSA) is 25.2 Å². The molecule has 1 unspecified atom stereocenters. The first-order valence-corrected chi connectivity index (χ1v) is 6.71. The number of halogens is 2. The fourth-order valence-corrected chi connectivity index (χ4v) is 2.45. The van der Waals surface area contributed by atoms with E-state index in [1.807, 2.05) is 26.1 Å². The van der Waals surface area contributed by atoms with Crippen molar-refractivity contribution in [1.82, 2.24) is 5.32 Å². The highest BCUT2D eigenvalue weighted by Gasteiger charge is 2.18. The lowest BCUT2D eigenvalue weighted by atomic mass is 9.98. The molecule has 0 radical (unpaired) electrons. The van der Waals surface area contributed by atoms with Gasteiger partial charge in [0, 0.05) is 18.0 Å². The first-order valence-electron chi connectivity index (χ1n) is 6.33. The zero-order chi connectivity index (χ0) is 13.8. The number of rotatable bonds is 5. The number of hydrogen-bond acceptors (Lipinski definition) is 2. The predicted molar refractivity (Wildman–Crippen MR) is 75.0 cm³/mol. The van der Waals surface area contributed by atoms with Crippen LogP contribution >= 0.6 is 11.6 Å². The Morgan fingerprint density at radius 2 is 2.16 bits per heavy atom. The second-order valence-corrected chi connectivity index (χ2v) is 4.79. The van der Waals surface area contributed by atoms with Crippen LogP contribution in [-0.4, -0.2) is 7.05 Å². The van der Waals surface area contributed by atoms with Crippen LogP contribution in [0.15, 0.2) is 34.9 Å². The van der Waals surface area contributed by atoms with Gasteiger partial charge < -0.3 is 9.73 Å². The molecule has 2 nitrogen and oxygen atoms in total. The van der Waals surface area contributed by atoms with Gasteiger partial charge in [0.2, 0.25) is 0 Å². The minimum absolute atomic E-state index is 0.0630. The van der Waals surface area contributed by atoms with Crippen LogP contribution in [0.4, 0.5) is 4.39 Å². The number of nitrogens with one attached hydrogen (secondary N) is 1. The molecule has 1 aromatic heterocycles. The summed E-state index contributed by atoms with van der Waals surface area (Å²) in [6, 6.07) is 6.91. The van der Waals surface area contributed by atoms with Crippen LogP contribution in [-0.2, 0) is 12.8 Å². The van der Waals surface area contributed by atoms with Gasteiger partial charge in [0.25, 0.3) is 0 Å². The Hall–Kier alpha value is -1.32. The van der Waals surface area contributed by atoms with Gasteiger partial charge in [0.05, 0.1) is 11.3 Å². The highest BCUT2D eigenvalue weighted by atomic mass is 35.5. The van der Waals surface area contributed by atoms with Crippen LogP contribution in [0.25, 0.3) is 0 Å². The Morgan fingerprint density at radius 3 is 2.84 bits per heavy atom. The summed E-state index contributed by atoms with van der Waals surface area (Å²) in [4.78, 5) is 0. The zero-order valence-corrected chi connectivity index (χ0v) is 11.8. The van der Waals surface area contributed by atoms with Gasteiger partial charge in [-0.15, -0.1) is 0 Å². The molecule has 0 aliphatic heterocycles. The lowest BCUT2D eigenvalue weighted by Crippen LogP contribution is -2.19. The fraction of sp³-hybridized carbons (Fsp3) is 0.333. The van der Waals surface area contributed by atoms with Crippen molar-refractivity contribution in [2.75, 3.05) is 7.05 Å². The maximum Gasteiger partial charge on any atom is 0.142 e. The van der Waals surface area contributed by atoms with E-state index in [0.29, 0.717) is 6.42 Å². The highest BCUT2D eigenvalue weighted by Crippen LogP contribution is 2.27. The monoisotopic (exact) mass is 281 g/mol. The molecule has 0 spiro atoms. The summed E-state index contributed by atoms with van der Waals surface area (Å²) >= 11 is 6.00. The van der Waals surface area contributed by atoms with Crippen LogP contribution in [0, 0.1) is 5.82 Å². The Bertz CT molecular complexity index is 553. The van der Waals surface area contributed by atoms with Crippen molar-refractivity contribution in [1.29, 1.82) is 0 Å². The number of furan rings is 1. The zero-order valence-electron chi connectivity index (χ0n) is 11.0. The molecule has 2 rings (SSSR count). The number of hydrogen-bond donors (Lipinski definition) is 1. The van der Waals surface area contributed by atoms with Gasteiger partial charge in [0.1, 0.15) is 11.6 Å². The molecule has 0 fully saturated rings. The number of benzene rings is 1. The molecule has 0 saturated heterocycles. The standard InChI is InChI=1S/C15H17ClFNO/c1-3-14-11(7-8-19-14)13(18-2)9-10-5-4-6-12(17)15(10)16/h4-8,13,18H,3,9H2,1-2H3. The first kappa shape index (κ1) is 14.1. The third-order valence-electron chi connectivity index (χ3n) is 3.28. The smallest absolute Gasteiger partial charge is 0.142 e. The van der Waals surface area contributed by atoms with Crippen molar-refractivity contribution in [2.24, 2.45) is 0 Å². The summed E-state index contributed by atoms with van der Waals surface area (Å²) in [5.41, 5.74) is 1.90. The summed E-state index contributed by atoms with van der Waals surface area (Å²) < 4.78 is 18.9. The Morgan fingerprint density at radius 1 is 1.37 bits per heavy atom. The quantitative estimate of drug-likeness (QED) is 0.891. The maximum atomic E-state index is 13.5. The van der Waals surface area contributed by atoms with Crippen molar-refractivity contribution in [2.45, 2.75) is 25.8 Å². The van der Waals surface area contributed by atoms with Crippen molar-refractivity contribution >= 4 is 11.6 Å². The molecule has 0 bridgehead atoms. The first-order chi connectivity index (χ1) is 9.17. The van der Waals surface area contributed by atoms with E-state index >= 15 is 0 Å². The molecular weight excluding hydrogens is 265 g/mol. The summed E-state index contributed by atoms with van der Waals surface area (Å²) in [6.45, 7) is 2.05. The van der Waals surface area contributed by atoms with Gasteiger partial charge in [0.15, 0.2) is 0 Å². The van der Waals surface area contributed by atoms with E-state index in [-0.39, 0.29) is 16.9 Å². The molecule has 2 aromatic rings. The molecule has 1 aromatic carbocycles. The van der Waals surface area contributed by atoms with Crippen molar-refractivity contribution < 1.29 is 8.81 Å². The molecule has 1 N–H and O–H groups in total. The Kier molecular flexibility index (Phi) is 4.61. The van der Waals surface area contributed by atoms with Gasteiger partial charge in [-0.3, -0.25) is 0 Å². The summed E-state index contributed by atoms with van der Waals surface area (Å²) in [7, 11) is 1.88. The van der Waals surface area contributed by atoms with Crippen LogP contribution < -0.4 is 5.32 Å². The summed E-state index contributed by atoms with van der Waals surface area (Å²) in [6.07, 6.45) is 3.14. The number of likely N-dealkylation sites (N-methyl/N-ethyl adjacent to an activating group) is 1. The van der Waals surface area contributed by atoms with E-state index in [1.54, 1.807) is 12.3 Å². The molecule has 0 aliphatic carbocycles. The highest BCUT2D eigenvalue weighted by molar-refractivity contribution is 6.31. The molecule has 102 valence electrons. The van der Waals surface area contributed by atoms with Crippen LogP contribution in [0.2, 0.25) is 5.02 Å². The Balaban J connectivity index is 2.27. The second-order valence-electron chi connectivity index (χ2n) is 4.41. The van der Waals surface area contributed by atoms with Crippen LogP contribution in [0.1, 0.15) is 29.9 Å². The van der Waals surface area contributed by atoms with Crippen LogP contribution in [0.3, 0.4) is 0 Å². The van der Waals surface area contributed by atoms with E-state index in [9.17, 15) is 4.39 Å². The lowest BCUT2D eigenvalue weighted by molar-refractivity contribution is 0.495. The van der Waals surface area contributed by atoms with Gasteiger partial charge in [-0.2, -0.15) is 0 Å². The predicted octanol–water partition coefficient (Wildman–Crippen LogP) is 4.14. The van der Waals surface area contributed by atoms with Gasteiger partial charge in [-0.05, 0) is 31.2 Å². The van der Waals surface area contributed by atoms with E-state index < -0.39 is 0 Å². The molecule has 0 aliphatic rings. The maximum absolute atomic E-state index is 13.5. The minimum Gasteiger partial charge on any atom is -0.469 e.